The van der Waals surface area contributed by atoms with Crippen molar-refractivity contribution in [1.29, 1.82) is 0 Å². The number of carbonyl (C=O) groups is 2. The van der Waals surface area contributed by atoms with E-state index in [1.165, 1.54) is 11.7 Å². The van der Waals surface area contributed by atoms with Gasteiger partial charge in [0, 0.05) is 5.54 Å². The quantitative estimate of drug-likeness (QED) is 0.849. The van der Waals surface area contributed by atoms with Crippen LogP contribution in [0.3, 0.4) is 0 Å². The molecule has 0 saturated heterocycles. The predicted octanol–water partition coefficient (Wildman–Crippen LogP) is 2.65. The maximum Gasteiger partial charge on any atom is 0.361 e. The number of esters is 1. The maximum absolute atomic E-state index is 12.4. The number of nitrogens with zero attached hydrogens (tertiary/aromatic N) is 3. The topological polar surface area (TPSA) is 86.1 Å². The fraction of sp³-hybridized carbons (Fsp3) is 0.474. The Morgan fingerprint density at radius 3 is 2.38 bits per heavy atom. The molecule has 1 aromatic heterocycles. The summed E-state index contributed by atoms with van der Waals surface area (Å²) in [6, 6.07) is 5.88. The minimum atomic E-state index is -0.924. The Morgan fingerprint density at radius 2 is 1.81 bits per heavy atom. The van der Waals surface area contributed by atoms with Crippen LogP contribution in [0.2, 0.25) is 0 Å². The number of hydrogen-bond acceptors (Lipinski definition) is 5. The lowest BCUT2D eigenvalue weighted by Gasteiger charge is -2.23. The SMILES string of the molecule is Cc1ccc(-n2nc(C)c(C(=O)O[C@@H](C)C(=O)NC(C)(C)C)n2)c(C)c1. The summed E-state index contributed by atoms with van der Waals surface area (Å²) < 4.78 is 5.26. The van der Waals surface area contributed by atoms with Crippen molar-refractivity contribution >= 4 is 11.9 Å². The van der Waals surface area contributed by atoms with E-state index < -0.39 is 17.6 Å². The Balaban J connectivity index is 2.18. The molecule has 0 aliphatic rings. The lowest BCUT2D eigenvalue weighted by atomic mass is 10.1. The van der Waals surface area contributed by atoms with Crippen LogP contribution in [0.5, 0.6) is 0 Å². The lowest BCUT2D eigenvalue weighted by molar-refractivity contribution is -0.130. The van der Waals surface area contributed by atoms with Crippen LogP contribution in [0.4, 0.5) is 0 Å². The van der Waals surface area contributed by atoms with Crippen LogP contribution in [-0.2, 0) is 9.53 Å². The first-order chi connectivity index (χ1) is 12.0. The molecule has 7 nitrogen and oxygen atoms in total. The van der Waals surface area contributed by atoms with E-state index in [1.807, 2.05) is 52.8 Å². The molecule has 0 aliphatic heterocycles. The van der Waals surface area contributed by atoms with Crippen molar-refractivity contribution in [2.45, 2.75) is 60.1 Å². The highest BCUT2D eigenvalue weighted by Crippen LogP contribution is 2.16. The molecule has 0 aliphatic carbocycles. The molecule has 0 spiro atoms. The highest BCUT2D eigenvalue weighted by Gasteiger charge is 2.25. The van der Waals surface area contributed by atoms with E-state index in [0.717, 1.165) is 16.8 Å². The molecule has 0 radical (unpaired) electrons. The standard InChI is InChI=1S/C19H26N4O3/c1-11-8-9-15(12(2)10-11)23-21-13(3)16(22-23)18(25)26-14(4)17(24)20-19(5,6)7/h8-10,14H,1-7H3,(H,20,24)/t14-/m0/s1. The Hall–Kier alpha value is -2.70. The summed E-state index contributed by atoms with van der Waals surface area (Å²) in [6.45, 7) is 12.8. The summed E-state index contributed by atoms with van der Waals surface area (Å²) >= 11 is 0. The molecule has 1 heterocycles. The smallest absolute Gasteiger partial charge is 0.361 e. The summed E-state index contributed by atoms with van der Waals surface area (Å²) in [6.07, 6.45) is -0.924. The Bertz CT molecular complexity index is 834. The van der Waals surface area contributed by atoms with Gasteiger partial charge in [-0.05, 0) is 60.1 Å². The van der Waals surface area contributed by atoms with Gasteiger partial charge in [-0.25, -0.2) is 4.79 Å². The summed E-state index contributed by atoms with van der Waals surface area (Å²) in [5.74, 6) is -1.03. The molecule has 26 heavy (non-hydrogen) atoms. The summed E-state index contributed by atoms with van der Waals surface area (Å²) in [4.78, 5) is 25.9. The van der Waals surface area contributed by atoms with Gasteiger partial charge in [0.25, 0.3) is 5.91 Å². The molecule has 7 heteroatoms. The number of rotatable bonds is 4. The first-order valence-electron chi connectivity index (χ1n) is 8.52. The van der Waals surface area contributed by atoms with Gasteiger partial charge < -0.3 is 10.1 Å². The van der Waals surface area contributed by atoms with Crippen LogP contribution in [0.15, 0.2) is 18.2 Å². The third kappa shape index (κ3) is 4.68. The Kier molecular flexibility index (Phi) is 5.49. The number of aryl methyl sites for hydroxylation is 3. The summed E-state index contributed by atoms with van der Waals surface area (Å²) in [5.41, 5.74) is 3.06. The van der Waals surface area contributed by atoms with Crippen LogP contribution in [-0.4, -0.2) is 38.5 Å². The molecular weight excluding hydrogens is 332 g/mol. The van der Waals surface area contributed by atoms with Crippen molar-refractivity contribution < 1.29 is 14.3 Å². The third-order valence-electron chi connectivity index (χ3n) is 3.69. The van der Waals surface area contributed by atoms with E-state index in [9.17, 15) is 9.59 Å². The van der Waals surface area contributed by atoms with Crippen molar-refractivity contribution in [3.63, 3.8) is 0 Å². The van der Waals surface area contributed by atoms with Crippen LogP contribution >= 0.6 is 0 Å². The molecule has 2 aromatic rings. The normalized spacial score (nSPS) is 12.6. The fourth-order valence-electron chi connectivity index (χ4n) is 2.45. The van der Waals surface area contributed by atoms with Gasteiger partial charge in [0.05, 0.1) is 11.4 Å². The first-order valence-corrected chi connectivity index (χ1v) is 8.52. The van der Waals surface area contributed by atoms with Gasteiger partial charge in [-0.15, -0.1) is 5.10 Å². The minimum absolute atomic E-state index is 0.0976. The van der Waals surface area contributed by atoms with E-state index in [1.54, 1.807) is 6.92 Å². The molecule has 0 bridgehead atoms. The van der Waals surface area contributed by atoms with Crippen LogP contribution < -0.4 is 5.32 Å². The minimum Gasteiger partial charge on any atom is -0.448 e. The van der Waals surface area contributed by atoms with Gasteiger partial charge in [-0.3, -0.25) is 4.79 Å². The predicted molar refractivity (Wildman–Crippen MR) is 98.3 cm³/mol. The largest absolute Gasteiger partial charge is 0.448 e. The van der Waals surface area contributed by atoms with Crippen molar-refractivity contribution in [2.75, 3.05) is 0 Å². The Labute approximate surface area is 153 Å². The summed E-state index contributed by atoms with van der Waals surface area (Å²) in [7, 11) is 0. The van der Waals surface area contributed by atoms with Crippen molar-refractivity contribution in [3.05, 3.63) is 40.7 Å². The number of nitrogens with one attached hydrogen (secondary N) is 1. The molecule has 1 atom stereocenters. The van der Waals surface area contributed by atoms with Gasteiger partial charge in [0.15, 0.2) is 11.8 Å². The van der Waals surface area contributed by atoms with Crippen molar-refractivity contribution in [1.82, 2.24) is 20.3 Å². The molecule has 2 rings (SSSR count). The van der Waals surface area contributed by atoms with E-state index in [4.69, 9.17) is 4.74 Å². The van der Waals surface area contributed by atoms with E-state index in [2.05, 4.69) is 15.5 Å². The zero-order valence-corrected chi connectivity index (χ0v) is 16.4. The fourth-order valence-corrected chi connectivity index (χ4v) is 2.45. The third-order valence-corrected chi connectivity index (χ3v) is 3.69. The average molecular weight is 358 g/mol. The van der Waals surface area contributed by atoms with Gasteiger partial charge in [0.1, 0.15) is 0 Å². The lowest BCUT2D eigenvalue weighted by Crippen LogP contribution is -2.46. The number of ether oxygens (including phenoxy) is 1. The number of hydrogen-bond donors (Lipinski definition) is 1. The van der Waals surface area contributed by atoms with Crippen molar-refractivity contribution in [2.24, 2.45) is 0 Å². The van der Waals surface area contributed by atoms with E-state index in [-0.39, 0.29) is 11.6 Å². The second-order valence-corrected chi connectivity index (χ2v) is 7.50. The van der Waals surface area contributed by atoms with Gasteiger partial charge in [0.2, 0.25) is 0 Å². The van der Waals surface area contributed by atoms with Crippen LogP contribution in [0.1, 0.15) is 55.0 Å². The maximum atomic E-state index is 12.4. The number of benzene rings is 1. The number of carbonyl (C=O) groups excluding carboxylic acids is 2. The number of amides is 1. The van der Waals surface area contributed by atoms with E-state index >= 15 is 0 Å². The first kappa shape index (κ1) is 19.6. The molecular formula is C19H26N4O3. The Morgan fingerprint density at radius 1 is 1.15 bits per heavy atom. The average Bonchev–Trinajstić information content (AvgIpc) is 2.87. The molecule has 140 valence electrons. The van der Waals surface area contributed by atoms with Crippen LogP contribution in [0.25, 0.3) is 5.69 Å². The van der Waals surface area contributed by atoms with Crippen LogP contribution in [0, 0.1) is 20.8 Å². The second-order valence-electron chi connectivity index (χ2n) is 7.50. The van der Waals surface area contributed by atoms with Gasteiger partial charge in [-0.1, -0.05) is 17.7 Å². The van der Waals surface area contributed by atoms with Gasteiger partial charge >= 0.3 is 5.97 Å². The molecule has 0 unspecified atom stereocenters. The zero-order chi connectivity index (χ0) is 19.6. The monoisotopic (exact) mass is 358 g/mol. The molecule has 0 fully saturated rings. The van der Waals surface area contributed by atoms with Gasteiger partial charge in [-0.2, -0.15) is 9.90 Å². The summed E-state index contributed by atoms with van der Waals surface area (Å²) in [5, 5.41) is 11.3. The van der Waals surface area contributed by atoms with Crippen molar-refractivity contribution in [3.8, 4) is 5.69 Å². The second kappa shape index (κ2) is 7.27. The molecule has 1 amide bonds. The number of aromatic nitrogens is 3. The molecule has 1 N–H and O–H groups in total. The molecule has 1 aromatic carbocycles. The van der Waals surface area contributed by atoms with E-state index in [0.29, 0.717) is 5.69 Å². The molecule has 0 saturated carbocycles. The zero-order valence-electron chi connectivity index (χ0n) is 16.4. The highest BCUT2D eigenvalue weighted by molar-refractivity contribution is 5.91. The highest BCUT2D eigenvalue weighted by atomic mass is 16.5.